The Bertz CT molecular complexity index is 554. The molecule has 0 aliphatic heterocycles. The molecule has 0 bridgehead atoms. The monoisotopic (exact) mass is 312 g/mol. The fraction of sp³-hybridized carbons (Fsp3) is 0.500. The van der Waals surface area contributed by atoms with Crippen molar-refractivity contribution >= 4 is 28.9 Å². The predicted octanol–water partition coefficient (Wildman–Crippen LogP) is 3.84. The fourth-order valence-electron chi connectivity index (χ4n) is 2.70. The Morgan fingerprint density at radius 2 is 1.90 bits per heavy atom. The van der Waals surface area contributed by atoms with Crippen molar-refractivity contribution < 1.29 is 14.8 Å². The summed E-state index contributed by atoms with van der Waals surface area (Å²) in [6, 6.07) is 4.02. The topological polar surface area (TPSA) is 92.5 Å². The van der Waals surface area contributed by atoms with Gasteiger partial charge in [0.05, 0.1) is 15.6 Å². The zero-order valence-corrected chi connectivity index (χ0v) is 12.2. The van der Waals surface area contributed by atoms with Crippen LogP contribution in [0.2, 0.25) is 5.02 Å². The highest BCUT2D eigenvalue weighted by molar-refractivity contribution is 6.33. The molecule has 6 nitrogen and oxygen atoms in total. The standard InChI is InChI=1S/C14H17ClN2O4/c15-11-9-10(17(20)21)5-6-12(11)16-14(13(18)19)7-3-1-2-4-8-14/h5-6,9,16H,1-4,7-8H2,(H,18,19). The molecular formula is C14H17ClN2O4. The van der Waals surface area contributed by atoms with Crippen LogP contribution in [0.5, 0.6) is 0 Å². The molecule has 21 heavy (non-hydrogen) atoms. The third-order valence-electron chi connectivity index (χ3n) is 3.90. The number of carbonyl (C=O) groups is 1. The minimum Gasteiger partial charge on any atom is -0.480 e. The van der Waals surface area contributed by atoms with Gasteiger partial charge in [0.1, 0.15) is 5.54 Å². The average molecular weight is 313 g/mol. The summed E-state index contributed by atoms with van der Waals surface area (Å²) >= 11 is 6.04. The molecule has 1 aromatic carbocycles. The lowest BCUT2D eigenvalue weighted by molar-refractivity contribution is -0.384. The van der Waals surface area contributed by atoms with E-state index in [0.717, 1.165) is 25.7 Å². The summed E-state index contributed by atoms with van der Waals surface area (Å²) in [5.41, 5.74) is -0.738. The number of anilines is 1. The van der Waals surface area contributed by atoms with E-state index in [9.17, 15) is 20.0 Å². The summed E-state index contributed by atoms with van der Waals surface area (Å²) < 4.78 is 0. The summed E-state index contributed by atoms with van der Waals surface area (Å²) in [6.07, 6.45) is 4.76. The van der Waals surface area contributed by atoms with Crippen LogP contribution in [0.25, 0.3) is 0 Å². The Morgan fingerprint density at radius 3 is 2.38 bits per heavy atom. The SMILES string of the molecule is O=C(O)C1(Nc2ccc([N+](=O)[O-])cc2Cl)CCCCCC1. The number of aliphatic carboxylic acids is 1. The third kappa shape index (κ3) is 3.44. The van der Waals surface area contributed by atoms with Crippen molar-refractivity contribution in [2.75, 3.05) is 5.32 Å². The molecule has 7 heteroatoms. The van der Waals surface area contributed by atoms with E-state index in [1.807, 2.05) is 0 Å². The second-order valence-electron chi connectivity index (χ2n) is 5.35. The first kappa shape index (κ1) is 15.6. The van der Waals surface area contributed by atoms with E-state index in [1.54, 1.807) is 0 Å². The van der Waals surface area contributed by atoms with E-state index in [4.69, 9.17) is 11.6 Å². The largest absolute Gasteiger partial charge is 0.480 e. The molecule has 1 aliphatic rings. The van der Waals surface area contributed by atoms with Gasteiger partial charge in [0.15, 0.2) is 0 Å². The Balaban J connectivity index is 2.28. The smallest absolute Gasteiger partial charge is 0.329 e. The van der Waals surface area contributed by atoms with Crippen LogP contribution in [-0.2, 0) is 4.79 Å². The van der Waals surface area contributed by atoms with Crippen molar-refractivity contribution in [3.05, 3.63) is 33.3 Å². The van der Waals surface area contributed by atoms with Crippen molar-refractivity contribution in [2.45, 2.75) is 44.1 Å². The van der Waals surface area contributed by atoms with Crippen LogP contribution in [0.3, 0.4) is 0 Å². The van der Waals surface area contributed by atoms with Crippen LogP contribution < -0.4 is 5.32 Å². The van der Waals surface area contributed by atoms with Crippen molar-refractivity contribution in [3.63, 3.8) is 0 Å². The zero-order chi connectivity index (χ0) is 15.5. The van der Waals surface area contributed by atoms with Crippen molar-refractivity contribution in [2.24, 2.45) is 0 Å². The van der Waals surface area contributed by atoms with Crippen LogP contribution in [-0.4, -0.2) is 21.5 Å². The Kier molecular flexibility index (Phi) is 4.67. The van der Waals surface area contributed by atoms with Crippen molar-refractivity contribution in [3.8, 4) is 0 Å². The van der Waals surface area contributed by atoms with Gasteiger partial charge < -0.3 is 10.4 Å². The maximum atomic E-state index is 11.7. The van der Waals surface area contributed by atoms with E-state index in [2.05, 4.69) is 5.32 Å². The van der Waals surface area contributed by atoms with Gasteiger partial charge in [0.2, 0.25) is 0 Å². The molecule has 1 aliphatic carbocycles. The number of nitro benzene ring substituents is 1. The van der Waals surface area contributed by atoms with Gasteiger partial charge >= 0.3 is 5.97 Å². The number of halogens is 1. The molecule has 1 fully saturated rings. The summed E-state index contributed by atoms with van der Waals surface area (Å²) in [5, 5.41) is 23.5. The molecular weight excluding hydrogens is 296 g/mol. The highest BCUT2D eigenvalue weighted by Crippen LogP contribution is 2.35. The van der Waals surface area contributed by atoms with E-state index in [-0.39, 0.29) is 10.7 Å². The van der Waals surface area contributed by atoms with Crippen molar-refractivity contribution in [1.29, 1.82) is 0 Å². The van der Waals surface area contributed by atoms with Gasteiger partial charge in [-0.3, -0.25) is 10.1 Å². The van der Waals surface area contributed by atoms with Gasteiger partial charge in [0, 0.05) is 12.1 Å². The number of benzene rings is 1. The lowest BCUT2D eigenvalue weighted by Crippen LogP contribution is -2.46. The molecule has 2 N–H and O–H groups in total. The molecule has 2 rings (SSSR count). The highest BCUT2D eigenvalue weighted by Gasteiger charge is 2.39. The lowest BCUT2D eigenvalue weighted by Gasteiger charge is -2.30. The molecule has 1 saturated carbocycles. The summed E-state index contributed by atoms with van der Waals surface area (Å²) in [7, 11) is 0. The van der Waals surface area contributed by atoms with Crippen LogP contribution in [0.15, 0.2) is 18.2 Å². The van der Waals surface area contributed by atoms with Gasteiger partial charge in [-0.1, -0.05) is 37.3 Å². The molecule has 0 unspecified atom stereocenters. The second kappa shape index (κ2) is 6.30. The molecule has 114 valence electrons. The first-order chi connectivity index (χ1) is 9.94. The van der Waals surface area contributed by atoms with E-state index < -0.39 is 16.4 Å². The highest BCUT2D eigenvalue weighted by atomic mass is 35.5. The van der Waals surface area contributed by atoms with Gasteiger partial charge in [0.25, 0.3) is 5.69 Å². The molecule has 0 saturated heterocycles. The number of nitrogens with one attached hydrogen (secondary N) is 1. The number of carboxylic acid groups (broad SMARTS) is 1. The average Bonchev–Trinajstić information content (AvgIpc) is 2.67. The van der Waals surface area contributed by atoms with E-state index >= 15 is 0 Å². The van der Waals surface area contributed by atoms with Gasteiger partial charge in [-0.05, 0) is 18.9 Å². The van der Waals surface area contributed by atoms with Gasteiger partial charge in [-0.15, -0.1) is 0 Å². The van der Waals surface area contributed by atoms with E-state index in [0.29, 0.717) is 18.5 Å². The van der Waals surface area contributed by atoms with Gasteiger partial charge in [-0.25, -0.2) is 4.79 Å². The molecule has 0 radical (unpaired) electrons. The maximum Gasteiger partial charge on any atom is 0.329 e. The van der Waals surface area contributed by atoms with E-state index in [1.165, 1.54) is 18.2 Å². The molecule has 0 atom stereocenters. The number of nitrogens with zero attached hydrogens (tertiary/aromatic N) is 1. The third-order valence-corrected chi connectivity index (χ3v) is 4.22. The molecule has 0 spiro atoms. The minimum absolute atomic E-state index is 0.115. The molecule has 1 aromatic rings. The predicted molar refractivity (Wildman–Crippen MR) is 79.8 cm³/mol. The van der Waals surface area contributed by atoms with Crippen LogP contribution >= 0.6 is 11.6 Å². The molecule has 0 amide bonds. The summed E-state index contributed by atoms with van der Waals surface area (Å²) in [4.78, 5) is 21.9. The zero-order valence-electron chi connectivity index (χ0n) is 11.5. The summed E-state index contributed by atoms with van der Waals surface area (Å²) in [6.45, 7) is 0. The number of hydrogen-bond acceptors (Lipinski definition) is 4. The Labute approximate surface area is 127 Å². The minimum atomic E-state index is -1.05. The lowest BCUT2D eigenvalue weighted by atomic mass is 9.90. The number of hydrogen-bond donors (Lipinski definition) is 2. The number of carboxylic acids is 1. The number of non-ortho nitro benzene ring substituents is 1. The summed E-state index contributed by atoms with van der Waals surface area (Å²) in [5.74, 6) is -0.904. The molecule has 0 heterocycles. The molecule has 0 aromatic heterocycles. The Hall–Kier alpha value is -1.82. The van der Waals surface area contributed by atoms with Crippen LogP contribution in [0.1, 0.15) is 38.5 Å². The first-order valence-electron chi connectivity index (χ1n) is 6.90. The number of nitro groups is 1. The fourth-order valence-corrected chi connectivity index (χ4v) is 2.92. The Morgan fingerprint density at radius 1 is 1.29 bits per heavy atom. The second-order valence-corrected chi connectivity index (χ2v) is 5.75. The quantitative estimate of drug-likeness (QED) is 0.500. The van der Waals surface area contributed by atoms with Crippen molar-refractivity contribution in [1.82, 2.24) is 0 Å². The van der Waals surface area contributed by atoms with Crippen LogP contribution in [0, 0.1) is 10.1 Å². The normalized spacial score (nSPS) is 17.8. The maximum absolute atomic E-state index is 11.7. The first-order valence-corrected chi connectivity index (χ1v) is 7.28. The van der Waals surface area contributed by atoms with Gasteiger partial charge in [-0.2, -0.15) is 0 Å². The number of rotatable bonds is 4. The van der Waals surface area contributed by atoms with Crippen LogP contribution in [0.4, 0.5) is 11.4 Å².